The van der Waals surface area contributed by atoms with Gasteiger partial charge in [-0.15, -0.1) is 0 Å². The first-order valence-corrected chi connectivity index (χ1v) is 6.50. The normalized spacial score (nSPS) is 12.0. The summed E-state index contributed by atoms with van der Waals surface area (Å²) < 4.78 is 7.27. The maximum absolute atomic E-state index is 12.1. The van der Waals surface area contributed by atoms with E-state index in [0.29, 0.717) is 11.6 Å². The Morgan fingerprint density at radius 2 is 2.10 bits per heavy atom. The smallest absolute Gasteiger partial charge is 0.266 e. The van der Waals surface area contributed by atoms with E-state index >= 15 is 0 Å². The zero-order valence-corrected chi connectivity index (χ0v) is 12.2. The number of nitrogens with one attached hydrogen (secondary N) is 1. The van der Waals surface area contributed by atoms with Crippen LogP contribution in [0, 0.1) is 13.8 Å². The van der Waals surface area contributed by atoms with Gasteiger partial charge in [0, 0.05) is 13.1 Å². The summed E-state index contributed by atoms with van der Waals surface area (Å²) in [5, 5.41) is 6.98. The van der Waals surface area contributed by atoms with Crippen molar-refractivity contribution in [3.63, 3.8) is 0 Å². The lowest BCUT2D eigenvalue weighted by Crippen LogP contribution is -2.30. The summed E-state index contributed by atoms with van der Waals surface area (Å²) in [6.07, 6.45) is -0.577. The highest BCUT2D eigenvalue weighted by atomic mass is 16.5. The lowest BCUT2D eigenvalue weighted by molar-refractivity contribution is -0.122. The Balaban J connectivity index is 2.00. The van der Waals surface area contributed by atoms with Crippen LogP contribution in [0.5, 0.6) is 5.75 Å². The van der Waals surface area contributed by atoms with Gasteiger partial charge in [-0.1, -0.05) is 12.1 Å². The Morgan fingerprint density at radius 1 is 1.35 bits per heavy atom. The lowest BCUT2D eigenvalue weighted by atomic mass is 10.2. The fourth-order valence-corrected chi connectivity index (χ4v) is 1.90. The molecule has 2 aromatic rings. The van der Waals surface area contributed by atoms with E-state index in [0.717, 1.165) is 11.3 Å². The molecule has 5 nitrogen and oxygen atoms in total. The molecular weight excluding hydrogens is 254 g/mol. The first kappa shape index (κ1) is 14.1. The quantitative estimate of drug-likeness (QED) is 0.931. The molecule has 0 aliphatic carbocycles. The van der Waals surface area contributed by atoms with Crippen LogP contribution in [-0.2, 0) is 11.8 Å². The summed E-state index contributed by atoms with van der Waals surface area (Å²) in [6, 6.07) is 9.44. The Kier molecular flexibility index (Phi) is 4.08. The largest absolute Gasteiger partial charge is 0.481 e. The zero-order valence-electron chi connectivity index (χ0n) is 12.2. The molecule has 0 aliphatic rings. The Morgan fingerprint density at radius 3 is 2.70 bits per heavy atom. The van der Waals surface area contributed by atoms with Gasteiger partial charge >= 0.3 is 0 Å². The molecule has 1 heterocycles. The number of rotatable bonds is 4. The number of nitrogens with zero attached hydrogens (tertiary/aromatic N) is 2. The molecule has 0 saturated heterocycles. The summed E-state index contributed by atoms with van der Waals surface area (Å²) in [7, 11) is 1.79. The molecular formula is C15H19N3O2. The molecule has 0 radical (unpaired) electrons. The minimum atomic E-state index is -0.577. The van der Waals surface area contributed by atoms with Crippen LogP contribution in [0.3, 0.4) is 0 Å². The highest BCUT2D eigenvalue weighted by molar-refractivity contribution is 5.93. The minimum Gasteiger partial charge on any atom is -0.481 e. The van der Waals surface area contributed by atoms with Gasteiger partial charge in [-0.2, -0.15) is 5.10 Å². The molecule has 1 aromatic heterocycles. The molecule has 1 atom stereocenters. The second kappa shape index (κ2) is 5.77. The highest BCUT2D eigenvalue weighted by Crippen LogP contribution is 2.15. The maximum Gasteiger partial charge on any atom is 0.266 e. The average molecular weight is 273 g/mol. The van der Waals surface area contributed by atoms with Gasteiger partial charge in [-0.3, -0.25) is 9.48 Å². The number of benzene rings is 1. The van der Waals surface area contributed by atoms with Crippen LogP contribution in [0.1, 0.15) is 18.2 Å². The van der Waals surface area contributed by atoms with Gasteiger partial charge in [0.05, 0.1) is 5.69 Å². The molecule has 1 amide bonds. The van der Waals surface area contributed by atoms with Gasteiger partial charge in [-0.25, -0.2) is 0 Å². The van der Waals surface area contributed by atoms with E-state index in [2.05, 4.69) is 10.4 Å². The number of carbonyl (C=O) groups excluding carboxylic acids is 1. The first-order chi connectivity index (χ1) is 9.45. The number of hydrogen-bond donors (Lipinski definition) is 1. The number of ether oxygens (including phenoxy) is 1. The number of carbonyl (C=O) groups is 1. The molecule has 1 aromatic carbocycles. The van der Waals surface area contributed by atoms with Gasteiger partial charge < -0.3 is 10.1 Å². The van der Waals surface area contributed by atoms with Crippen molar-refractivity contribution in [3.05, 3.63) is 41.6 Å². The molecule has 20 heavy (non-hydrogen) atoms. The molecule has 0 aliphatic heterocycles. The standard InChI is InChI=1S/C15H19N3O2/c1-10-6-5-7-13(8-10)20-12(3)15(19)16-14-9-11(2)17-18(14)4/h5-9,12H,1-4H3,(H,16,19)/t12-/m0/s1. The van der Waals surface area contributed by atoms with E-state index in [4.69, 9.17) is 4.74 Å². The lowest BCUT2D eigenvalue weighted by Gasteiger charge is -2.15. The zero-order chi connectivity index (χ0) is 14.7. The van der Waals surface area contributed by atoms with E-state index in [1.807, 2.05) is 44.2 Å². The van der Waals surface area contributed by atoms with Crippen molar-refractivity contribution in [3.8, 4) is 5.75 Å². The predicted octanol–water partition coefficient (Wildman–Crippen LogP) is 2.44. The summed E-state index contributed by atoms with van der Waals surface area (Å²) in [5.74, 6) is 1.15. The summed E-state index contributed by atoms with van der Waals surface area (Å²) in [5.41, 5.74) is 1.95. The minimum absolute atomic E-state index is 0.200. The molecule has 0 bridgehead atoms. The van der Waals surface area contributed by atoms with E-state index in [1.54, 1.807) is 18.7 Å². The molecule has 106 valence electrons. The fraction of sp³-hybridized carbons (Fsp3) is 0.333. The van der Waals surface area contributed by atoms with Crippen LogP contribution >= 0.6 is 0 Å². The van der Waals surface area contributed by atoms with E-state index < -0.39 is 6.10 Å². The number of aryl methyl sites for hydroxylation is 3. The van der Waals surface area contributed by atoms with Crippen molar-refractivity contribution in [2.75, 3.05) is 5.32 Å². The molecule has 0 saturated carbocycles. The van der Waals surface area contributed by atoms with Crippen molar-refractivity contribution in [2.24, 2.45) is 7.05 Å². The number of anilines is 1. The molecule has 5 heteroatoms. The third-order valence-corrected chi connectivity index (χ3v) is 2.92. The Labute approximate surface area is 118 Å². The number of hydrogen-bond acceptors (Lipinski definition) is 3. The fourth-order valence-electron chi connectivity index (χ4n) is 1.90. The highest BCUT2D eigenvalue weighted by Gasteiger charge is 2.16. The average Bonchev–Trinajstić information content (AvgIpc) is 2.67. The van der Waals surface area contributed by atoms with E-state index in [1.165, 1.54) is 0 Å². The SMILES string of the molecule is Cc1cccc(O[C@@H](C)C(=O)Nc2cc(C)nn2C)c1. The Bertz CT molecular complexity index is 619. The van der Waals surface area contributed by atoms with Crippen LogP contribution < -0.4 is 10.1 Å². The van der Waals surface area contributed by atoms with Crippen LogP contribution in [0.2, 0.25) is 0 Å². The monoisotopic (exact) mass is 273 g/mol. The number of aromatic nitrogens is 2. The Hall–Kier alpha value is -2.30. The summed E-state index contributed by atoms with van der Waals surface area (Å²) >= 11 is 0. The van der Waals surface area contributed by atoms with Crippen LogP contribution in [-0.4, -0.2) is 21.8 Å². The first-order valence-electron chi connectivity index (χ1n) is 6.50. The van der Waals surface area contributed by atoms with E-state index in [9.17, 15) is 4.79 Å². The van der Waals surface area contributed by atoms with Crippen molar-refractivity contribution < 1.29 is 9.53 Å². The van der Waals surface area contributed by atoms with Crippen molar-refractivity contribution >= 4 is 11.7 Å². The van der Waals surface area contributed by atoms with Gasteiger partial charge in [0.2, 0.25) is 0 Å². The molecule has 2 rings (SSSR count). The molecule has 0 spiro atoms. The van der Waals surface area contributed by atoms with Gasteiger partial charge in [0.25, 0.3) is 5.91 Å². The topological polar surface area (TPSA) is 56.1 Å². The number of amides is 1. The van der Waals surface area contributed by atoms with Crippen molar-refractivity contribution in [1.29, 1.82) is 0 Å². The predicted molar refractivity (Wildman–Crippen MR) is 77.8 cm³/mol. The van der Waals surface area contributed by atoms with Gasteiger partial charge in [0.1, 0.15) is 11.6 Å². The molecule has 0 unspecified atom stereocenters. The third kappa shape index (κ3) is 3.38. The maximum atomic E-state index is 12.1. The van der Waals surface area contributed by atoms with Crippen molar-refractivity contribution in [1.82, 2.24) is 9.78 Å². The van der Waals surface area contributed by atoms with Gasteiger partial charge in [-0.05, 0) is 38.5 Å². The van der Waals surface area contributed by atoms with Gasteiger partial charge in [0.15, 0.2) is 6.10 Å². The summed E-state index contributed by atoms with van der Waals surface area (Å²) in [6.45, 7) is 5.58. The van der Waals surface area contributed by atoms with Crippen LogP contribution in [0.25, 0.3) is 0 Å². The second-order valence-corrected chi connectivity index (χ2v) is 4.86. The third-order valence-electron chi connectivity index (χ3n) is 2.92. The molecule has 1 N–H and O–H groups in total. The second-order valence-electron chi connectivity index (χ2n) is 4.86. The van der Waals surface area contributed by atoms with Crippen LogP contribution in [0.15, 0.2) is 30.3 Å². The van der Waals surface area contributed by atoms with E-state index in [-0.39, 0.29) is 5.91 Å². The molecule has 0 fully saturated rings. The summed E-state index contributed by atoms with van der Waals surface area (Å²) in [4.78, 5) is 12.1. The van der Waals surface area contributed by atoms with Crippen molar-refractivity contribution in [2.45, 2.75) is 26.9 Å². The van der Waals surface area contributed by atoms with Crippen LogP contribution in [0.4, 0.5) is 5.82 Å².